The van der Waals surface area contributed by atoms with Crippen LogP contribution in [-0.2, 0) is 14.8 Å². The molecular weight excluding hydrogens is 538 g/mol. The molecule has 8 nitrogen and oxygen atoms in total. The Morgan fingerprint density at radius 3 is 2.77 bits per heavy atom. The van der Waals surface area contributed by atoms with Crippen molar-refractivity contribution in [2.24, 2.45) is 23.2 Å². The van der Waals surface area contributed by atoms with Gasteiger partial charge in [0.1, 0.15) is 5.75 Å². The van der Waals surface area contributed by atoms with Crippen LogP contribution in [0.2, 0.25) is 0 Å². The summed E-state index contributed by atoms with van der Waals surface area (Å²) in [6, 6.07) is 5.08. The van der Waals surface area contributed by atoms with Crippen LogP contribution >= 0.6 is 11.6 Å². The summed E-state index contributed by atoms with van der Waals surface area (Å²) in [6.45, 7) is 4.23. The van der Waals surface area contributed by atoms with Crippen molar-refractivity contribution in [1.82, 2.24) is 10.0 Å². The minimum absolute atomic E-state index is 0.00491. The van der Waals surface area contributed by atoms with Gasteiger partial charge in [-0.3, -0.25) is 9.59 Å². The summed E-state index contributed by atoms with van der Waals surface area (Å²) in [7, 11) is -3.89. The van der Waals surface area contributed by atoms with Gasteiger partial charge in [0.15, 0.2) is 0 Å². The first kappa shape index (κ1) is 27.8. The molecule has 4 aliphatic rings. The fraction of sp³-hybridized carbons (Fsp3) is 0.517. The van der Waals surface area contributed by atoms with E-state index in [-0.39, 0.29) is 46.9 Å². The van der Waals surface area contributed by atoms with E-state index in [1.807, 2.05) is 6.08 Å². The average molecular weight is 574 g/mol. The number of rotatable bonds is 0. The van der Waals surface area contributed by atoms with Crippen LogP contribution in [0.5, 0.6) is 5.75 Å². The first-order valence-corrected chi connectivity index (χ1v) is 15.7. The van der Waals surface area contributed by atoms with Gasteiger partial charge in [-0.25, -0.2) is 13.1 Å². The average Bonchev–Trinajstić information content (AvgIpc) is 2.89. The number of allylic oxidation sites excluding steroid dienone is 3. The monoisotopic (exact) mass is 573 g/mol. The Morgan fingerprint density at radius 2 is 1.97 bits per heavy atom. The lowest BCUT2D eigenvalue weighted by Gasteiger charge is -2.40. The van der Waals surface area contributed by atoms with Crippen LogP contribution in [-0.4, -0.2) is 52.2 Å². The molecule has 0 saturated heterocycles. The molecular formula is C29H36ClN3O5S. The highest BCUT2D eigenvalue weighted by Gasteiger charge is 2.39. The summed E-state index contributed by atoms with van der Waals surface area (Å²) in [5, 5.41) is 3.65. The maximum Gasteiger partial charge on any atom is 0.264 e. The van der Waals surface area contributed by atoms with E-state index in [2.05, 4.69) is 34.0 Å². The van der Waals surface area contributed by atoms with Gasteiger partial charge in [-0.2, -0.15) is 0 Å². The molecule has 0 radical (unpaired) electrons. The lowest BCUT2D eigenvalue weighted by molar-refractivity contribution is -0.129. The van der Waals surface area contributed by atoms with E-state index in [1.54, 1.807) is 24.3 Å². The number of sulfonamides is 1. The number of fused-ring (bicyclic) bond motifs is 3. The minimum Gasteiger partial charge on any atom is -0.490 e. The minimum atomic E-state index is -3.89. The molecule has 2 heterocycles. The Morgan fingerprint density at radius 1 is 1.13 bits per heavy atom. The predicted octanol–water partition coefficient (Wildman–Crippen LogP) is 4.14. The molecule has 2 N–H and O–H groups in total. The summed E-state index contributed by atoms with van der Waals surface area (Å²) in [4.78, 5) is 28.1. The molecule has 10 heteroatoms. The second-order valence-corrected chi connectivity index (χ2v) is 13.5. The van der Waals surface area contributed by atoms with Crippen LogP contribution < -0.4 is 19.7 Å². The lowest BCUT2D eigenvalue weighted by Crippen LogP contribution is -2.46. The molecule has 39 heavy (non-hydrogen) atoms. The molecule has 2 aliphatic heterocycles. The quantitative estimate of drug-likeness (QED) is 0.452. The predicted molar refractivity (Wildman–Crippen MR) is 152 cm³/mol. The number of carbonyl (C=O) groups is 2. The number of hydrogen-bond donors (Lipinski definition) is 2. The highest BCUT2D eigenvalue weighted by Crippen LogP contribution is 2.43. The first-order valence-electron chi connectivity index (χ1n) is 13.7. The van der Waals surface area contributed by atoms with Gasteiger partial charge in [-0.1, -0.05) is 49.2 Å². The summed E-state index contributed by atoms with van der Waals surface area (Å²) in [5.41, 5.74) is 0.748. The molecule has 1 saturated carbocycles. The summed E-state index contributed by atoms with van der Waals surface area (Å²) < 4.78 is 33.7. The molecule has 1 aromatic rings. The molecule has 2 amide bonds. The van der Waals surface area contributed by atoms with Gasteiger partial charge in [0, 0.05) is 41.6 Å². The number of anilines is 1. The molecule has 1 fully saturated rings. The Balaban J connectivity index is 1.52. The first-order chi connectivity index (χ1) is 18.6. The Bertz CT molecular complexity index is 1320. The third kappa shape index (κ3) is 6.35. The fourth-order valence-electron chi connectivity index (χ4n) is 5.86. The van der Waals surface area contributed by atoms with E-state index in [4.69, 9.17) is 16.3 Å². The Kier molecular flexibility index (Phi) is 8.10. The molecule has 1 aromatic carbocycles. The Hall–Kier alpha value is -2.78. The molecule has 0 spiro atoms. The van der Waals surface area contributed by atoms with Gasteiger partial charge in [0.25, 0.3) is 5.91 Å². The highest BCUT2D eigenvalue weighted by atomic mass is 35.5. The van der Waals surface area contributed by atoms with Crippen LogP contribution in [0.3, 0.4) is 0 Å². The van der Waals surface area contributed by atoms with Crippen molar-refractivity contribution in [3.05, 3.63) is 59.2 Å². The van der Waals surface area contributed by atoms with Crippen molar-refractivity contribution >= 4 is 39.1 Å². The molecule has 5 rings (SSSR count). The number of benzene rings is 1. The van der Waals surface area contributed by atoms with Crippen LogP contribution in [0.15, 0.2) is 53.6 Å². The standard InChI is InChI=1S/C29H36ClN3O5S/c1-29-12-11-23(30)17-22(29)6-2-4-14-33-18-21-7-9-24(21)28(35)31-13-3-5-15-39(36,37)32-27(34)20-8-10-26(38-19-29)25(33)16-20/h3,5,8,10-12,16-17,21-22,24H,2,4,6-7,9,13-15,18-19H2,1H3,(H,31,35)(H,32,34)/b5-3-/t21-,22?,24+,29?/m0/s1. The maximum absolute atomic E-state index is 13.0. The number of nitrogens with one attached hydrogen (secondary N) is 2. The summed E-state index contributed by atoms with van der Waals surface area (Å²) in [5.74, 6) is -0.0744. The van der Waals surface area contributed by atoms with Gasteiger partial charge in [-0.15, -0.1) is 0 Å². The molecule has 2 aliphatic carbocycles. The number of hydrogen-bond acceptors (Lipinski definition) is 6. The zero-order valence-corrected chi connectivity index (χ0v) is 23.8. The van der Waals surface area contributed by atoms with Crippen LogP contribution in [0.25, 0.3) is 0 Å². The largest absolute Gasteiger partial charge is 0.490 e. The van der Waals surface area contributed by atoms with Crippen LogP contribution in [0.4, 0.5) is 5.69 Å². The van der Waals surface area contributed by atoms with Crippen LogP contribution in [0, 0.1) is 23.2 Å². The van der Waals surface area contributed by atoms with E-state index in [0.29, 0.717) is 18.9 Å². The van der Waals surface area contributed by atoms with Crippen molar-refractivity contribution in [2.45, 2.75) is 39.0 Å². The zero-order valence-electron chi connectivity index (χ0n) is 22.2. The van der Waals surface area contributed by atoms with Gasteiger partial charge in [0.05, 0.1) is 18.0 Å². The number of carbonyl (C=O) groups excluding carboxylic acids is 2. The third-order valence-corrected chi connectivity index (χ3v) is 9.84. The van der Waals surface area contributed by atoms with E-state index >= 15 is 0 Å². The van der Waals surface area contributed by atoms with E-state index < -0.39 is 15.9 Å². The normalized spacial score (nSPS) is 32.0. The fourth-order valence-corrected chi connectivity index (χ4v) is 6.95. The second kappa shape index (κ2) is 11.4. The maximum atomic E-state index is 13.0. The van der Waals surface area contributed by atoms with E-state index in [1.165, 1.54) is 6.08 Å². The third-order valence-electron chi connectivity index (χ3n) is 8.46. The topological polar surface area (TPSA) is 105 Å². The van der Waals surface area contributed by atoms with E-state index in [0.717, 1.165) is 49.4 Å². The van der Waals surface area contributed by atoms with Crippen molar-refractivity contribution in [2.75, 3.05) is 36.9 Å². The summed E-state index contributed by atoms with van der Waals surface area (Å²) >= 11 is 6.36. The van der Waals surface area contributed by atoms with Crippen LogP contribution in [0.1, 0.15) is 49.4 Å². The van der Waals surface area contributed by atoms with Gasteiger partial charge in [0.2, 0.25) is 15.9 Å². The van der Waals surface area contributed by atoms with Crippen molar-refractivity contribution in [3.8, 4) is 5.75 Å². The highest BCUT2D eigenvalue weighted by molar-refractivity contribution is 7.90. The molecule has 4 atom stereocenters. The zero-order chi connectivity index (χ0) is 27.6. The van der Waals surface area contributed by atoms with Gasteiger partial charge < -0.3 is 15.0 Å². The number of ether oxygens (including phenoxy) is 1. The summed E-state index contributed by atoms with van der Waals surface area (Å²) in [6.07, 6.45) is 13.9. The van der Waals surface area contributed by atoms with Crippen molar-refractivity contribution in [1.29, 1.82) is 0 Å². The lowest BCUT2D eigenvalue weighted by atomic mass is 9.72. The molecule has 0 aromatic heterocycles. The van der Waals surface area contributed by atoms with Crippen molar-refractivity contribution < 1.29 is 22.7 Å². The molecule has 2 unspecified atom stereocenters. The smallest absolute Gasteiger partial charge is 0.264 e. The number of halogens is 1. The molecule has 210 valence electrons. The molecule has 2 bridgehead atoms. The second-order valence-electron chi connectivity index (χ2n) is 11.3. The number of nitrogens with zero attached hydrogens (tertiary/aromatic N) is 1. The Labute approximate surface area is 235 Å². The van der Waals surface area contributed by atoms with E-state index in [9.17, 15) is 18.0 Å². The van der Waals surface area contributed by atoms with Gasteiger partial charge >= 0.3 is 0 Å². The van der Waals surface area contributed by atoms with Gasteiger partial charge in [-0.05, 0) is 61.8 Å². The SMILES string of the molecule is CC12C=CC(Cl)=CC1CCCCN1C[C@@H]3CC[C@H]3C(=O)NC/C=C\CS(=O)(=O)NC(=O)c3ccc(c1c3)OC2. The number of amides is 2. The van der Waals surface area contributed by atoms with Crippen molar-refractivity contribution in [3.63, 3.8) is 0 Å².